The van der Waals surface area contributed by atoms with Crippen LogP contribution >= 0.6 is 0 Å². The first-order chi connectivity index (χ1) is 13.3. The molecule has 0 atom stereocenters. The van der Waals surface area contributed by atoms with E-state index in [4.69, 9.17) is 0 Å². The summed E-state index contributed by atoms with van der Waals surface area (Å²) < 4.78 is 39.6. The summed E-state index contributed by atoms with van der Waals surface area (Å²) in [6.45, 7) is 0. The van der Waals surface area contributed by atoms with Crippen molar-refractivity contribution >= 4 is 17.7 Å². The number of hydrogen-bond donors (Lipinski definition) is 1. The highest BCUT2D eigenvalue weighted by Crippen LogP contribution is 2.30. The molecule has 1 heterocycles. The second-order valence-corrected chi connectivity index (χ2v) is 6.18. The third-order valence-corrected chi connectivity index (χ3v) is 3.85. The number of hydrogen-bond acceptors (Lipinski definition) is 5. The maximum Gasteiger partial charge on any atom is 0.433 e. The van der Waals surface area contributed by atoms with Crippen molar-refractivity contribution in [1.29, 1.82) is 0 Å². The van der Waals surface area contributed by atoms with Gasteiger partial charge in [-0.25, -0.2) is 9.97 Å². The molecule has 1 N–H and O–H groups in total. The van der Waals surface area contributed by atoms with Gasteiger partial charge in [-0.2, -0.15) is 18.3 Å². The summed E-state index contributed by atoms with van der Waals surface area (Å²) in [7, 11) is 3.87. The van der Waals surface area contributed by atoms with Crippen LogP contribution < -0.4 is 10.3 Å². The van der Waals surface area contributed by atoms with E-state index >= 15 is 0 Å². The average Bonchev–Trinajstić information content (AvgIpc) is 2.68. The van der Waals surface area contributed by atoms with Gasteiger partial charge in [0.15, 0.2) is 17.3 Å². The van der Waals surface area contributed by atoms with Crippen molar-refractivity contribution in [2.24, 2.45) is 5.10 Å². The van der Waals surface area contributed by atoms with E-state index in [1.807, 2.05) is 43.3 Å². The van der Waals surface area contributed by atoms with Gasteiger partial charge in [-0.3, -0.25) is 5.43 Å². The first-order valence-electron chi connectivity index (χ1n) is 8.41. The average molecular weight is 385 g/mol. The van der Waals surface area contributed by atoms with E-state index in [9.17, 15) is 13.2 Å². The first-order valence-corrected chi connectivity index (χ1v) is 8.41. The van der Waals surface area contributed by atoms with Crippen molar-refractivity contribution in [3.8, 4) is 11.4 Å². The van der Waals surface area contributed by atoms with Crippen molar-refractivity contribution in [2.45, 2.75) is 6.18 Å². The standard InChI is InChI=1S/C20H18F3N5/c1-28(2)16-10-8-14(9-11-16)13-24-27-18-12-17(20(21,22)23)25-19(26-18)15-6-4-3-5-7-15/h3-13H,1-2H3,(H,25,26,27). The van der Waals surface area contributed by atoms with Gasteiger partial charge in [0, 0.05) is 31.4 Å². The number of aromatic nitrogens is 2. The highest BCUT2D eigenvalue weighted by Gasteiger charge is 2.33. The normalized spacial score (nSPS) is 11.6. The van der Waals surface area contributed by atoms with Crippen molar-refractivity contribution in [3.05, 3.63) is 71.9 Å². The highest BCUT2D eigenvalue weighted by molar-refractivity contribution is 5.80. The maximum atomic E-state index is 13.2. The van der Waals surface area contributed by atoms with Crippen LogP contribution in [0, 0.1) is 0 Å². The van der Waals surface area contributed by atoms with Crippen LogP contribution in [0.2, 0.25) is 0 Å². The van der Waals surface area contributed by atoms with Crippen LogP contribution in [0.5, 0.6) is 0 Å². The van der Waals surface area contributed by atoms with E-state index in [0.29, 0.717) is 5.56 Å². The van der Waals surface area contributed by atoms with Gasteiger partial charge in [0.1, 0.15) is 0 Å². The molecule has 0 amide bonds. The molecule has 0 saturated heterocycles. The molecule has 0 saturated carbocycles. The Labute approximate surface area is 160 Å². The molecule has 0 aliphatic rings. The number of hydrazone groups is 1. The smallest absolute Gasteiger partial charge is 0.378 e. The summed E-state index contributed by atoms with van der Waals surface area (Å²) >= 11 is 0. The van der Waals surface area contributed by atoms with Gasteiger partial charge in [0.05, 0.1) is 6.21 Å². The van der Waals surface area contributed by atoms with Crippen LogP contribution in [0.25, 0.3) is 11.4 Å². The largest absolute Gasteiger partial charge is 0.433 e. The van der Waals surface area contributed by atoms with Gasteiger partial charge in [-0.15, -0.1) is 0 Å². The number of anilines is 2. The number of rotatable bonds is 5. The third-order valence-electron chi connectivity index (χ3n) is 3.85. The quantitative estimate of drug-likeness (QED) is 0.512. The van der Waals surface area contributed by atoms with Gasteiger partial charge in [-0.05, 0) is 17.7 Å². The number of alkyl halides is 3. The van der Waals surface area contributed by atoms with Crippen molar-refractivity contribution < 1.29 is 13.2 Å². The fourth-order valence-corrected chi connectivity index (χ4v) is 2.40. The Kier molecular flexibility index (Phi) is 5.58. The Hall–Kier alpha value is -3.42. The Morgan fingerprint density at radius 3 is 2.25 bits per heavy atom. The zero-order valence-electron chi connectivity index (χ0n) is 15.3. The lowest BCUT2D eigenvalue weighted by Gasteiger charge is -2.11. The van der Waals surface area contributed by atoms with Crippen LogP contribution in [-0.2, 0) is 6.18 Å². The number of halogens is 3. The molecular weight excluding hydrogens is 367 g/mol. The molecule has 3 rings (SSSR count). The molecule has 0 spiro atoms. The SMILES string of the molecule is CN(C)c1ccc(C=NNc2cc(C(F)(F)F)nc(-c3ccccc3)n2)cc1. The summed E-state index contributed by atoms with van der Waals surface area (Å²) in [6, 6.07) is 16.9. The van der Waals surface area contributed by atoms with Crippen LogP contribution in [-0.4, -0.2) is 30.3 Å². The Morgan fingerprint density at radius 1 is 0.964 bits per heavy atom. The second-order valence-electron chi connectivity index (χ2n) is 6.18. The van der Waals surface area contributed by atoms with E-state index in [0.717, 1.165) is 17.3 Å². The second kappa shape index (κ2) is 8.08. The van der Waals surface area contributed by atoms with Crippen LogP contribution in [0.1, 0.15) is 11.3 Å². The Balaban J connectivity index is 1.84. The van der Waals surface area contributed by atoms with Crippen LogP contribution in [0.15, 0.2) is 65.8 Å². The van der Waals surface area contributed by atoms with Crippen molar-refractivity contribution in [3.63, 3.8) is 0 Å². The number of nitrogens with zero attached hydrogens (tertiary/aromatic N) is 4. The zero-order chi connectivity index (χ0) is 20.1. The van der Waals surface area contributed by atoms with Gasteiger partial charge in [0.2, 0.25) is 0 Å². The summed E-state index contributed by atoms with van der Waals surface area (Å²) in [4.78, 5) is 9.74. The maximum absolute atomic E-state index is 13.2. The van der Waals surface area contributed by atoms with E-state index in [1.54, 1.807) is 30.3 Å². The predicted molar refractivity (Wildman–Crippen MR) is 104 cm³/mol. The van der Waals surface area contributed by atoms with E-state index in [1.165, 1.54) is 6.21 Å². The number of nitrogens with one attached hydrogen (secondary N) is 1. The molecule has 3 aromatic rings. The summed E-state index contributed by atoms with van der Waals surface area (Å²) in [6.07, 6.45) is -3.08. The fourth-order valence-electron chi connectivity index (χ4n) is 2.40. The van der Waals surface area contributed by atoms with Crippen LogP contribution in [0.3, 0.4) is 0 Å². The molecule has 0 unspecified atom stereocenters. The molecule has 2 aromatic carbocycles. The highest BCUT2D eigenvalue weighted by atomic mass is 19.4. The van der Waals surface area contributed by atoms with Crippen molar-refractivity contribution in [1.82, 2.24) is 9.97 Å². The Morgan fingerprint density at radius 2 is 1.64 bits per heavy atom. The Bertz CT molecular complexity index is 952. The summed E-state index contributed by atoms with van der Waals surface area (Å²) in [5.41, 5.74) is 3.84. The minimum Gasteiger partial charge on any atom is -0.378 e. The third kappa shape index (κ3) is 4.85. The lowest BCUT2D eigenvalue weighted by atomic mass is 10.2. The fraction of sp³-hybridized carbons (Fsp3) is 0.150. The van der Waals surface area contributed by atoms with E-state index < -0.39 is 11.9 Å². The molecule has 5 nitrogen and oxygen atoms in total. The van der Waals surface area contributed by atoms with Gasteiger partial charge in [0.25, 0.3) is 0 Å². The predicted octanol–water partition coefficient (Wildman–Crippen LogP) is 4.67. The van der Waals surface area contributed by atoms with Crippen LogP contribution in [0.4, 0.5) is 24.7 Å². The lowest BCUT2D eigenvalue weighted by molar-refractivity contribution is -0.141. The molecular formula is C20H18F3N5. The number of benzene rings is 2. The van der Waals surface area contributed by atoms with Gasteiger partial charge >= 0.3 is 6.18 Å². The minimum atomic E-state index is -4.59. The first kappa shape index (κ1) is 19.3. The molecule has 144 valence electrons. The van der Waals surface area contributed by atoms with Crippen molar-refractivity contribution in [2.75, 3.05) is 24.4 Å². The zero-order valence-corrected chi connectivity index (χ0v) is 15.3. The topological polar surface area (TPSA) is 53.4 Å². The van der Waals surface area contributed by atoms with Gasteiger partial charge in [-0.1, -0.05) is 42.5 Å². The van der Waals surface area contributed by atoms with E-state index in [2.05, 4.69) is 20.5 Å². The molecule has 1 aromatic heterocycles. The molecule has 0 radical (unpaired) electrons. The molecule has 0 fully saturated rings. The molecule has 8 heteroatoms. The minimum absolute atomic E-state index is 0.0246. The molecule has 28 heavy (non-hydrogen) atoms. The van der Waals surface area contributed by atoms with E-state index in [-0.39, 0.29) is 11.6 Å². The molecule has 0 aliphatic carbocycles. The summed E-state index contributed by atoms with van der Waals surface area (Å²) in [5, 5.41) is 4.00. The van der Waals surface area contributed by atoms with Gasteiger partial charge < -0.3 is 4.90 Å². The summed E-state index contributed by atoms with van der Waals surface area (Å²) in [5.74, 6) is -0.0641. The molecule has 0 bridgehead atoms. The lowest BCUT2D eigenvalue weighted by Crippen LogP contribution is -2.11. The monoisotopic (exact) mass is 385 g/mol. The molecule has 0 aliphatic heterocycles.